The molecule has 1 aromatic rings. The Morgan fingerprint density at radius 3 is 2.95 bits per heavy atom. The molecular weight excluding hydrogens is 280 g/mol. The number of nitro benzene ring substituents is 1. The number of ether oxygens (including phenoxy) is 1. The highest BCUT2D eigenvalue weighted by atomic mass is 32.1. The summed E-state index contributed by atoms with van der Waals surface area (Å²) >= 11 is 5.19. The van der Waals surface area contributed by atoms with Gasteiger partial charge in [0.15, 0.2) is 5.11 Å². The zero-order valence-corrected chi connectivity index (χ0v) is 11.5. The van der Waals surface area contributed by atoms with E-state index in [9.17, 15) is 10.1 Å². The van der Waals surface area contributed by atoms with Gasteiger partial charge < -0.3 is 9.64 Å². The second-order valence-corrected chi connectivity index (χ2v) is 4.51. The Kier molecular flexibility index (Phi) is 4.97. The molecule has 0 aromatic heterocycles. The third kappa shape index (κ3) is 3.97. The first-order chi connectivity index (χ1) is 9.66. The maximum Gasteiger partial charge on any atom is 0.270 e. The summed E-state index contributed by atoms with van der Waals surface area (Å²) in [6, 6.07) is 6.22. The molecule has 0 saturated carbocycles. The van der Waals surface area contributed by atoms with Gasteiger partial charge in [-0.25, -0.2) is 0 Å². The van der Waals surface area contributed by atoms with E-state index in [-0.39, 0.29) is 5.69 Å². The molecule has 2 rings (SSSR count). The first kappa shape index (κ1) is 14.4. The molecule has 1 aromatic carbocycles. The maximum atomic E-state index is 10.6. The Morgan fingerprint density at radius 1 is 1.50 bits per heavy atom. The molecular formula is C12H14N4O3S. The van der Waals surface area contributed by atoms with Gasteiger partial charge in [0.2, 0.25) is 0 Å². The number of hydrogen-bond acceptors (Lipinski definition) is 5. The van der Waals surface area contributed by atoms with E-state index in [0.29, 0.717) is 23.9 Å². The highest BCUT2D eigenvalue weighted by Gasteiger charge is 2.12. The number of nitrogens with one attached hydrogen (secondary N) is 1. The Bertz CT molecular complexity index is 529. The first-order valence-corrected chi connectivity index (χ1v) is 6.48. The van der Waals surface area contributed by atoms with Crippen LogP contribution < -0.4 is 5.43 Å². The smallest absolute Gasteiger partial charge is 0.270 e. The standard InChI is InChI=1S/C12H14N4O3S/c17-16(18)11-3-1-2-10(8-11)9-13-14-12(20)15-4-6-19-7-5-15/h1-3,8-9H,4-7H2,(H,14,20). The number of hydrogen-bond donors (Lipinski definition) is 1. The fourth-order valence-electron chi connectivity index (χ4n) is 1.72. The molecule has 0 radical (unpaired) electrons. The number of benzene rings is 1. The molecule has 1 N–H and O–H groups in total. The Balaban J connectivity index is 1.91. The van der Waals surface area contributed by atoms with Crippen molar-refractivity contribution >= 4 is 29.2 Å². The third-order valence-electron chi connectivity index (χ3n) is 2.75. The van der Waals surface area contributed by atoms with Crippen molar-refractivity contribution in [3.63, 3.8) is 0 Å². The van der Waals surface area contributed by atoms with Crippen LogP contribution in [0.3, 0.4) is 0 Å². The number of non-ortho nitro benzene ring substituents is 1. The van der Waals surface area contributed by atoms with Crippen molar-refractivity contribution in [2.24, 2.45) is 5.10 Å². The van der Waals surface area contributed by atoms with E-state index in [0.717, 1.165) is 13.1 Å². The van der Waals surface area contributed by atoms with Crippen LogP contribution in [-0.2, 0) is 4.74 Å². The van der Waals surface area contributed by atoms with E-state index in [1.807, 2.05) is 4.90 Å². The highest BCUT2D eigenvalue weighted by Crippen LogP contribution is 2.11. The van der Waals surface area contributed by atoms with Gasteiger partial charge in [-0.05, 0) is 12.2 Å². The molecule has 0 spiro atoms. The normalized spacial score (nSPS) is 15.3. The second-order valence-electron chi connectivity index (χ2n) is 4.13. The minimum absolute atomic E-state index is 0.0321. The van der Waals surface area contributed by atoms with Crippen LogP contribution in [0.5, 0.6) is 0 Å². The van der Waals surface area contributed by atoms with Crippen LogP contribution in [0.25, 0.3) is 0 Å². The van der Waals surface area contributed by atoms with Crippen molar-refractivity contribution < 1.29 is 9.66 Å². The predicted octanol–water partition coefficient (Wildman–Crippen LogP) is 1.14. The molecule has 7 nitrogen and oxygen atoms in total. The van der Waals surface area contributed by atoms with E-state index in [1.165, 1.54) is 18.3 Å². The number of rotatable bonds is 3. The molecule has 0 unspecified atom stereocenters. The summed E-state index contributed by atoms with van der Waals surface area (Å²) in [5.74, 6) is 0. The highest BCUT2D eigenvalue weighted by molar-refractivity contribution is 7.80. The molecule has 1 heterocycles. The average molecular weight is 294 g/mol. The molecule has 1 saturated heterocycles. The minimum atomic E-state index is -0.441. The molecule has 20 heavy (non-hydrogen) atoms. The van der Waals surface area contributed by atoms with E-state index < -0.39 is 4.92 Å². The number of nitrogens with zero attached hydrogens (tertiary/aromatic N) is 3. The Hall–Kier alpha value is -2.06. The summed E-state index contributed by atoms with van der Waals surface area (Å²) in [6.45, 7) is 2.77. The lowest BCUT2D eigenvalue weighted by atomic mass is 10.2. The molecule has 0 amide bonds. The molecule has 1 aliphatic heterocycles. The van der Waals surface area contributed by atoms with Crippen molar-refractivity contribution in [2.45, 2.75) is 0 Å². The molecule has 0 bridgehead atoms. The number of morpholine rings is 1. The van der Waals surface area contributed by atoms with Crippen molar-refractivity contribution in [2.75, 3.05) is 26.3 Å². The monoisotopic (exact) mass is 294 g/mol. The van der Waals surface area contributed by atoms with Crippen LogP contribution >= 0.6 is 12.2 Å². The molecule has 8 heteroatoms. The summed E-state index contributed by atoms with van der Waals surface area (Å²) in [7, 11) is 0. The van der Waals surface area contributed by atoms with Gasteiger partial charge in [0, 0.05) is 30.8 Å². The van der Waals surface area contributed by atoms with E-state index in [2.05, 4.69) is 10.5 Å². The van der Waals surface area contributed by atoms with Crippen molar-refractivity contribution in [1.82, 2.24) is 10.3 Å². The van der Waals surface area contributed by atoms with Crippen molar-refractivity contribution in [1.29, 1.82) is 0 Å². The van der Waals surface area contributed by atoms with Crippen molar-refractivity contribution in [3.05, 3.63) is 39.9 Å². The van der Waals surface area contributed by atoms with Crippen LogP contribution in [-0.4, -0.2) is 47.5 Å². The fourth-order valence-corrected chi connectivity index (χ4v) is 1.95. The Labute approximate surface area is 121 Å². The molecule has 0 aliphatic carbocycles. The number of hydrazone groups is 1. The third-order valence-corrected chi connectivity index (χ3v) is 3.10. The van der Waals surface area contributed by atoms with Gasteiger partial charge in [-0.3, -0.25) is 15.5 Å². The van der Waals surface area contributed by atoms with Crippen LogP contribution in [0.4, 0.5) is 5.69 Å². The van der Waals surface area contributed by atoms with Gasteiger partial charge >= 0.3 is 0 Å². The van der Waals surface area contributed by atoms with Gasteiger partial charge in [0.1, 0.15) is 0 Å². The number of thiocarbonyl (C=S) groups is 1. The lowest BCUT2D eigenvalue weighted by molar-refractivity contribution is -0.384. The second kappa shape index (κ2) is 6.92. The van der Waals surface area contributed by atoms with Gasteiger partial charge in [0.05, 0.1) is 24.4 Å². The Morgan fingerprint density at radius 2 is 2.25 bits per heavy atom. The van der Waals surface area contributed by atoms with E-state index in [4.69, 9.17) is 17.0 Å². The van der Waals surface area contributed by atoms with Crippen molar-refractivity contribution in [3.8, 4) is 0 Å². The molecule has 1 fully saturated rings. The molecule has 0 atom stereocenters. The summed E-state index contributed by atoms with van der Waals surface area (Å²) in [5.41, 5.74) is 3.42. The van der Waals surface area contributed by atoms with Gasteiger partial charge in [-0.2, -0.15) is 5.10 Å². The SMILES string of the molecule is O=[N+]([O-])c1cccc(C=NNC(=S)N2CCOCC2)c1. The van der Waals surface area contributed by atoms with Gasteiger partial charge in [0.25, 0.3) is 5.69 Å². The van der Waals surface area contributed by atoms with Crippen LogP contribution in [0.2, 0.25) is 0 Å². The van der Waals surface area contributed by atoms with Gasteiger partial charge in [-0.1, -0.05) is 12.1 Å². The van der Waals surface area contributed by atoms with Gasteiger partial charge in [-0.15, -0.1) is 0 Å². The molecule has 1 aliphatic rings. The van der Waals surface area contributed by atoms with Crippen LogP contribution in [0, 0.1) is 10.1 Å². The molecule has 106 valence electrons. The maximum absolute atomic E-state index is 10.6. The fraction of sp³-hybridized carbons (Fsp3) is 0.333. The van der Waals surface area contributed by atoms with E-state index in [1.54, 1.807) is 12.1 Å². The number of nitro groups is 1. The summed E-state index contributed by atoms with van der Waals surface area (Å²) in [4.78, 5) is 12.2. The van der Waals surface area contributed by atoms with E-state index >= 15 is 0 Å². The lowest BCUT2D eigenvalue weighted by Gasteiger charge is -2.28. The summed E-state index contributed by atoms with van der Waals surface area (Å²) in [5, 5.41) is 15.2. The summed E-state index contributed by atoms with van der Waals surface area (Å²) < 4.78 is 5.23. The minimum Gasteiger partial charge on any atom is -0.378 e. The first-order valence-electron chi connectivity index (χ1n) is 6.07. The lowest BCUT2D eigenvalue weighted by Crippen LogP contribution is -2.44. The predicted molar refractivity (Wildman–Crippen MR) is 78.8 cm³/mol. The summed E-state index contributed by atoms with van der Waals surface area (Å²) in [6.07, 6.45) is 1.50. The van der Waals surface area contributed by atoms with Crippen LogP contribution in [0.1, 0.15) is 5.56 Å². The quantitative estimate of drug-likeness (QED) is 0.390. The topological polar surface area (TPSA) is 80.0 Å². The average Bonchev–Trinajstić information content (AvgIpc) is 2.48. The van der Waals surface area contributed by atoms with Crippen LogP contribution in [0.15, 0.2) is 29.4 Å². The zero-order chi connectivity index (χ0) is 14.4. The zero-order valence-electron chi connectivity index (χ0n) is 10.7. The largest absolute Gasteiger partial charge is 0.378 e.